The van der Waals surface area contributed by atoms with E-state index >= 15 is 0 Å². The lowest BCUT2D eigenvalue weighted by atomic mass is 9.86. The molecule has 0 radical (unpaired) electrons. The van der Waals surface area contributed by atoms with E-state index in [4.69, 9.17) is 17.0 Å². The van der Waals surface area contributed by atoms with Crippen molar-refractivity contribution in [3.63, 3.8) is 0 Å². The molecule has 0 aromatic heterocycles. The summed E-state index contributed by atoms with van der Waals surface area (Å²) in [5.74, 6) is 2.13. The van der Waals surface area contributed by atoms with Crippen molar-refractivity contribution in [3.8, 4) is 5.75 Å². The van der Waals surface area contributed by atoms with Gasteiger partial charge in [-0.05, 0) is 49.0 Å². The fourth-order valence-corrected chi connectivity index (χ4v) is 3.47. The summed E-state index contributed by atoms with van der Waals surface area (Å²) in [5, 5.41) is 6.20. The maximum Gasteiger partial charge on any atom is 0.226 e. The number of hydrogen-bond acceptors (Lipinski definition) is 3. The van der Waals surface area contributed by atoms with Crippen molar-refractivity contribution in [1.82, 2.24) is 5.32 Å². The van der Waals surface area contributed by atoms with Crippen LogP contribution in [-0.4, -0.2) is 17.6 Å². The minimum absolute atomic E-state index is 0.00240. The summed E-state index contributed by atoms with van der Waals surface area (Å²) < 4.78 is 5.76. The Balaban J connectivity index is 1.71. The first kappa shape index (κ1) is 20.7. The van der Waals surface area contributed by atoms with Crippen LogP contribution in [0.2, 0.25) is 0 Å². The van der Waals surface area contributed by atoms with Gasteiger partial charge in [-0.3, -0.25) is 4.79 Å². The van der Waals surface area contributed by atoms with Gasteiger partial charge in [0.15, 0.2) is 5.11 Å². The average Bonchev–Trinajstić information content (AvgIpc) is 2.61. The molecule has 0 atom stereocenters. The first-order valence-electron chi connectivity index (χ1n) is 9.86. The largest absolute Gasteiger partial charge is 0.494 e. The van der Waals surface area contributed by atoms with Crippen molar-refractivity contribution in [3.05, 3.63) is 24.3 Å². The van der Waals surface area contributed by atoms with Crippen LogP contribution in [0.5, 0.6) is 5.75 Å². The van der Waals surface area contributed by atoms with E-state index in [-0.39, 0.29) is 5.91 Å². The number of carbonyl (C=O) groups is 1. The van der Waals surface area contributed by atoms with Crippen molar-refractivity contribution in [1.29, 1.82) is 0 Å². The summed E-state index contributed by atoms with van der Waals surface area (Å²) >= 11 is 5.26. The third kappa shape index (κ3) is 8.17. The standard InChI is InChI=1S/C21H32N2O2S/c1-16(2)13-14-25-19-10-6-9-18(15-19)22-21(26)23-20(24)12-11-17-7-4-3-5-8-17/h6,9-10,15-17H,3-5,7-8,11-14H2,1-2H3,(H2,22,23,24,26). The molecule has 0 heterocycles. The van der Waals surface area contributed by atoms with Crippen molar-refractivity contribution >= 4 is 28.9 Å². The predicted octanol–water partition coefficient (Wildman–Crippen LogP) is 5.29. The minimum atomic E-state index is -0.00240. The molecule has 144 valence electrons. The van der Waals surface area contributed by atoms with Gasteiger partial charge >= 0.3 is 0 Å². The maximum absolute atomic E-state index is 12.1. The van der Waals surface area contributed by atoms with E-state index in [0.29, 0.717) is 30.0 Å². The van der Waals surface area contributed by atoms with Gasteiger partial charge in [0.1, 0.15) is 5.75 Å². The summed E-state index contributed by atoms with van der Waals surface area (Å²) in [5.41, 5.74) is 0.824. The summed E-state index contributed by atoms with van der Waals surface area (Å²) in [7, 11) is 0. The molecule has 0 spiro atoms. The van der Waals surface area contributed by atoms with E-state index in [0.717, 1.165) is 24.3 Å². The highest BCUT2D eigenvalue weighted by Crippen LogP contribution is 2.27. The van der Waals surface area contributed by atoms with E-state index in [1.165, 1.54) is 32.1 Å². The van der Waals surface area contributed by atoms with Crippen LogP contribution in [0.15, 0.2) is 24.3 Å². The first-order chi connectivity index (χ1) is 12.5. The van der Waals surface area contributed by atoms with Crippen molar-refractivity contribution in [2.45, 2.75) is 65.2 Å². The van der Waals surface area contributed by atoms with Gasteiger partial charge in [0.25, 0.3) is 0 Å². The third-order valence-electron chi connectivity index (χ3n) is 4.81. The summed E-state index contributed by atoms with van der Waals surface area (Å²) in [6.07, 6.45) is 9.02. The highest BCUT2D eigenvalue weighted by Gasteiger charge is 2.15. The lowest BCUT2D eigenvalue weighted by molar-refractivity contribution is -0.120. The van der Waals surface area contributed by atoms with Gasteiger partial charge in [-0.25, -0.2) is 0 Å². The first-order valence-corrected chi connectivity index (χ1v) is 10.3. The van der Waals surface area contributed by atoms with Gasteiger partial charge in [-0.1, -0.05) is 52.0 Å². The van der Waals surface area contributed by atoms with Gasteiger partial charge < -0.3 is 15.4 Å². The molecule has 0 saturated heterocycles. The number of ether oxygens (including phenoxy) is 1. The Bertz CT molecular complexity index is 583. The molecule has 0 aliphatic heterocycles. The van der Waals surface area contributed by atoms with Gasteiger partial charge in [0, 0.05) is 18.2 Å². The van der Waals surface area contributed by atoms with Crippen molar-refractivity contribution in [2.24, 2.45) is 11.8 Å². The number of nitrogens with one attached hydrogen (secondary N) is 2. The Labute approximate surface area is 163 Å². The molecule has 1 fully saturated rings. The lowest BCUT2D eigenvalue weighted by Crippen LogP contribution is -2.34. The van der Waals surface area contributed by atoms with Crippen LogP contribution in [0.1, 0.15) is 65.2 Å². The van der Waals surface area contributed by atoms with Crippen LogP contribution in [0.3, 0.4) is 0 Å². The molecule has 1 aromatic carbocycles. The molecule has 26 heavy (non-hydrogen) atoms. The normalized spacial score (nSPS) is 14.9. The highest BCUT2D eigenvalue weighted by atomic mass is 32.1. The lowest BCUT2D eigenvalue weighted by Gasteiger charge is -2.21. The molecule has 1 aromatic rings. The molecular weight excluding hydrogens is 344 g/mol. The van der Waals surface area contributed by atoms with Gasteiger partial charge in [-0.2, -0.15) is 0 Å². The second-order valence-corrected chi connectivity index (χ2v) is 8.01. The molecule has 0 bridgehead atoms. The molecule has 1 aliphatic rings. The Morgan fingerprint density at radius 3 is 2.77 bits per heavy atom. The van der Waals surface area contributed by atoms with Crippen molar-refractivity contribution < 1.29 is 9.53 Å². The van der Waals surface area contributed by atoms with Crippen LogP contribution < -0.4 is 15.4 Å². The molecule has 4 nitrogen and oxygen atoms in total. The topological polar surface area (TPSA) is 50.4 Å². The van der Waals surface area contributed by atoms with Crippen LogP contribution in [-0.2, 0) is 4.79 Å². The number of rotatable bonds is 8. The molecule has 0 unspecified atom stereocenters. The van der Waals surface area contributed by atoms with Crippen LogP contribution in [0.25, 0.3) is 0 Å². The fraction of sp³-hybridized carbons (Fsp3) is 0.619. The number of anilines is 1. The SMILES string of the molecule is CC(C)CCOc1cccc(NC(=S)NC(=O)CCC2CCCCC2)c1. The van der Waals surface area contributed by atoms with E-state index in [1.807, 2.05) is 24.3 Å². The maximum atomic E-state index is 12.1. The summed E-state index contributed by atoms with van der Waals surface area (Å²) in [6, 6.07) is 7.66. The van der Waals surface area contributed by atoms with E-state index in [1.54, 1.807) is 0 Å². The minimum Gasteiger partial charge on any atom is -0.494 e. The quantitative estimate of drug-likeness (QED) is 0.606. The Hall–Kier alpha value is -1.62. The fourth-order valence-electron chi connectivity index (χ4n) is 3.24. The van der Waals surface area contributed by atoms with Crippen LogP contribution >= 0.6 is 12.2 Å². The van der Waals surface area contributed by atoms with Gasteiger partial charge in [0.05, 0.1) is 6.61 Å². The summed E-state index contributed by atoms with van der Waals surface area (Å²) in [6.45, 7) is 5.05. The Kier molecular flexibility index (Phi) is 8.89. The second kappa shape index (κ2) is 11.2. The van der Waals surface area contributed by atoms with E-state index in [2.05, 4.69) is 24.5 Å². The zero-order chi connectivity index (χ0) is 18.8. The molecule has 1 amide bonds. The monoisotopic (exact) mass is 376 g/mol. The molecule has 1 saturated carbocycles. The zero-order valence-corrected chi connectivity index (χ0v) is 16.9. The van der Waals surface area contributed by atoms with E-state index in [9.17, 15) is 4.79 Å². The molecule has 2 N–H and O–H groups in total. The average molecular weight is 377 g/mol. The van der Waals surface area contributed by atoms with Crippen molar-refractivity contribution in [2.75, 3.05) is 11.9 Å². The second-order valence-electron chi connectivity index (χ2n) is 7.60. The molecule has 2 rings (SSSR count). The smallest absolute Gasteiger partial charge is 0.226 e. The van der Waals surface area contributed by atoms with Gasteiger partial charge in [-0.15, -0.1) is 0 Å². The van der Waals surface area contributed by atoms with Crippen LogP contribution in [0, 0.1) is 11.8 Å². The third-order valence-corrected chi connectivity index (χ3v) is 5.02. The predicted molar refractivity (Wildman–Crippen MR) is 112 cm³/mol. The molecule has 1 aliphatic carbocycles. The number of hydrogen-bond donors (Lipinski definition) is 2. The molecule has 5 heteroatoms. The number of thiocarbonyl (C=S) groups is 1. The van der Waals surface area contributed by atoms with Gasteiger partial charge in [0.2, 0.25) is 5.91 Å². The molecular formula is C21H32N2O2S. The number of carbonyl (C=O) groups excluding carboxylic acids is 1. The number of benzene rings is 1. The van der Waals surface area contributed by atoms with Crippen LogP contribution in [0.4, 0.5) is 5.69 Å². The number of amides is 1. The Morgan fingerprint density at radius 2 is 2.04 bits per heavy atom. The Morgan fingerprint density at radius 1 is 1.27 bits per heavy atom. The highest BCUT2D eigenvalue weighted by molar-refractivity contribution is 7.80. The zero-order valence-electron chi connectivity index (χ0n) is 16.1. The van der Waals surface area contributed by atoms with E-state index < -0.39 is 0 Å². The summed E-state index contributed by atoms with van der Waals surface area (Å²) in [4.78, 5) is 12.1.